The number of carbonyl (C=O) groups excluding carboxylic acids is 4. The van der Waals surface area contributed by atoms with Crippen LogP contribution in [0.15, 0.2) is 30.5 Å². The molecule has 198 valence electrons. The summed E-state index contributed by atoms with van der Waals surface area (Å²) < 4.78 is 11.6. The number of hydrogen-bond donors (Lipinski definition) is 4. The number of fused-ring (bicyclic) bond motifs is 1. The van der Waals surface area contributed by atoms with E-state index < -0.39 is 36.0 Å². The van der Waals surface area contributed by atoms with Crippen molar-refractivity contribution in [3.05, 3.63) is 36.0 Å². The number of nitrogens with zero attached hydrogens (tertiary/aromatic N) is 1. The zero-order valence-electron chi connectivity index (χ0n) is 20.8. The lowest BCUT2D eigenvalue weighted by Gasteiger charge is -2.19. The van der Waals surface area contributed by atoms with Crippen molar-refractivity contribution in [1.29, 1.82) is 0 Å². The minimum absolute atomic E-state index is 0.175. The fourth-order valence-electron chi connectivity index (χ4n) is 3.67. The highest BCUT2D eigenvalue weighted by molar-refractivity contribution is 7.98. The van der Waals surface area contributed by atoms with Gasteiger partial charge in [-0.15, -0.1) is 0 Å². The Hall–Kier alpha value is -3.09. The first-order chi connectivity index (χ1) is 17.2. The van der Waals surface area contributed by atoms with E-state index in [0.29, 0.717) is 19.4 Å². The molecule has 0 bridgehead atoms. The van der Waals surface area contributed by atoms with Crippen LogP contribution in [0.25, 0.3) is 10.9 Å². The van der Waals surface area contributed by atoms with E-state index in [4.69, 9.17) is 20.9 Å². The van der Waals surface area contributed by atoms with Crippen LogP contribution in [0.4, 0.5) is 0 Å². The number of methoxy groups -OCH3 is 2. The third-order valence-electron chi connectivity index (χ3n) is 5.54. The summed E-state index contributed by atoms with van der Waals surface area (Å²) in [6, 6.07) is 5.02. The molecule has 0 aliphatic rings. The van der Waals surface area contributed by atoms with Crippen molar-refractivity contribution < 1.29 is 28.7 Å². The summed E-state index contributed by atoms with van der Waals surface area (Å²) in [4.78, 5) is 48.7. The first-order valence-electron chi connectivity index (χ1n) is 11.6. The molecule has 0 radical (unpaired) electrons. The SMILES string of the molecule is COC(=O)C(CSn1cc(CC(NC(=O)C(N)CCCCN)C(=O)OC)c2ccccc21)NC(C)=O. The zero-order chi connectivity index (χ0) is 26.7. The summed E-state index contributed by atoms with van der Waals surface area (Å²) in [5, 5.41) is 6.17. The van der Waals surface area contributed by atoms with Gasteiger partial charge in [-0.25, -0.2) is 9.59 Å². The predicted octanol–water partition coefficient (Wildman–Crippen LogP) is 0.472. The normalized spacial score (nSPS) is 13.5. The molecule has 0 aliphatic carbocycles. The van der Waals surface area contributed by atoms with Gasteiger partial charge in [0.25, 0.3) is 0 Å². The van der Waals surface area contributed by atoms with Gasteiger partial charge in [-0.05, 0) is 43.0 Å². The Balaban J connectivity index is 2.24. The van der Waals surface area contributed by atoms with E-state index in [0.717, 1.165) is 22.9 Å². The number of unbranched alkanes of at least 4 members (excludes halogenated alkanes) is 1. The summed E-state index contributed by atoms with van der Waals surface area (Å²) in [6.45, 7) is 1.85. The average Bonchev–Trinajstić information content (AvgIpc) is 3.22. The maximum absolute atomic E-state index is 12.6. The van der Waals surface area contributed by atoms with Crippen molar-refractivity contribution in [2.45, 2.75) is 50.7 Å². The van der Waals surface area contributed by atoms with E-state index in [1.54, 1.807) is 0 Å². The highest BCUT2D eigenvalue weighted by Gasteiger charge is 2.27. The van der Waals surface area contributed by atoms with Crippen LogP contribution in [0.1, 0.15) is 31.7 Å². The molecule has 3 unspecified atom stereocenters. The lowest BCUT2D eigenvalue weighted by molar-refractivity contribution is -0.145. The standard InChI is InChI=1S/C24H35N5O6S/c1-15(30)27-20(24(33)35-3)14-36-29-13-16(17-8-4-5-10-21(17)29)12-19(23(32)34-2)28-22(31)18(26)9-6-7-11-25/h4-5,8,10,13,18-20H,6-7,9,11-12,14,25-26H2,1-3H3,(H,27,30)(H,28,31). The first-order valence-corrected chi connectivity index (χ1v) is 12.6. The predicted molar refractivity (Wildman–Crippen MR) is 138 cm³/mol. The second kappa shape index (κ2) is 14.5. The number of rotatable bonds is 14. The molecule has 0 spiro atoms. The van der Waals surface area contributed by atoms with E-state index in [1.165, 1.54) is 33.1 Å². The van der Waals surface area contributed by atoms with Crippen molar-refractivity contribution in [3.8, 4) is 0 Å². The summed E-state index contributed by atoms with van der Waals surface area (Å²) in [5.74, 6) is -1.69. The molecule has 3 atom stereocenters. The van der Waals surface area contributed by atoms with E-state index in [-0.39, 0.29) is 18.1 Å². The van der Waals surface area contributed by atoms with Crippen molar-refractivity contribution in [1.82, 2.24) is 14.6 Å². The number of para-hydroxylation sites is 1. The van der Waals surface area contributed by atoms with E-state index in [9.17, 15) is 19.2 Å². The van der Waals surface area contributed by atoms with E-state index >= 15 is 0 Å². The summed E-state index contributed by atoms with van der Waals surface area (Å²) in [5.41, 5.74) is 13.1. The highest BCUT2D eigenvalue weighted by atomic mass is 32.2. The molecular formula is C24H35N5O6S. The molecule has 0 fully saturated rings. The zero-order valence-corrected chi connectivity index (χ0v) is 21.6. The van der Waals surface area contributed by atoms with E-state index in [1.807, 2.05) is 34.4 Å². The first kappa shape index (κ1) is 29.1. The number of benzene rings is 1. The number of nitrogens with two attached hydrogens (primary N) is 2. The number of carbonyl (C=O) groups is 4. The summed E-state index contributed by atoms with van der Waals surface area (Å²) >= 11 is 1.30. The van der Waals surface area contributed by atoms with Gasteiger partial charge in [0, 0.05) is 30.7 Å². The molecule has 11 nitrogen and oxygen atoms in total. The Morgan fingerprint density at radius 3 is 2.33 bits per heavy atom. The fraction of sp³-hybridized carbons (Fsp3) is 0.500. The van der Waals surface area contributed by atoms with Crippen LogP contribution < -0.4 is 22.1 Å². The van der Waals surface area contributed by atoms with Gasteiger partial charge in [-0.3, -0.25) is 13.6 Å². The highest BCUT2D eigenvalue weighted by Crippen LogP contribution is 2.27. The number of esters is 2. The Kier molecular flexibility index (Phi) is 11.7. The lowest BCUT2D eigenvalue weighted by Crippen LogP contribution is -2.49. The molecule has 2 rings (SSSR count). The van der Waals surface area contributed by atoms with Gasteiger partial charge in [0.05, 0.1) is 25.8 Å². The minimum atomic E-state index is -0.936. The van der Waals surface area contributed by atoms with Gasteiger partial charge in [-0.1, -0.05) is 24.6 Å². The van der Waals surface area contributed by atoms with Crippen molar-refractivity contribution in [3.63, 3.8) is 0 Å². The maximum atomic E-state index is 12.6. The molecule has 1 heterocycles. The molecule has 0 saturated heterocycles. The maximum Gasteiger partial charge on any atom is 0.329 e. The molecular weight excluding hydrogens is 486 g/mol. The second-order valence-corrected chi connectivity index (χ2v) is 9.23. The van der Waals surface area contributed by atoms with Crippen LogP contribution in [0.2, 0.25) is 0 Å². The van der Waals surface area contributed by atoms with Gasteiger partial charge >= 0.3 is 11.9 Å². The number of amides is 2. The third-order valence-corrected chi connectivity index (χ3v) is 6.60. The summed E-state index contributed by atoms with van der Waals surface area (Å²) in [6.07, 6.45) is 3.94. The van der Waals surface area contributed by atoms with Gasteiger partial charge < -0.3 is 31.6 Å². The molecule has 1 aromatic carbocycles. The van der Waals surface area contributed by atoms with Gasteiger partial charge in [0.2, 0.25) is 11.8 Å². The van der Waals surface area contributed by atoms with Gasteiger partial charge in [-0.2, -0.15) is 0 Å². The third kappa shape index (κ3) is 8.25. The van der Waals surface area contributed by atoms with Crippen LogP contribution in [-0.2, 0) is 35.1 Å². The molecule has 6 N–H and O–H groups in total. The Labute approximate surface area is 214 Å². The molecule has 12 heteroatoms. The quantitative estimate of drug-likeness (QED) is 0.204. The second-order valence-electron chi connectivity index (χ2n) is 8.25. The molecule has 1 aromatic heterocycles. The van der Waals surface area contributed by atoms with Crippen molar-refractivity contribution in [2.24, 2.45) is 11.5 Å². The average molecular weight is 522 g/mol. The van der Waals surface area contributed by atoms with Crippen LogP contribution in [0, 0.1) is 0 Å². The number of ether oxygens (including phenoxy) is 2. The Morgan fingerprint density at radius 2 is 1.69 bits per heavy atom. The number of nitrogens with one attached hydrogen (secondary N) is 2. The smallest absolute Gasteiger partial charge is 0.329 e. The molecule has 36 heavy (non-hydrogen) atoms. The lowest BCUT2D eigenvalue weighted by atomic mass is 10.0. The van der Waals surface area contributed by atoms with Crippen LogP contribution in [-0.4, -0.2) is 72.4 Å². The Morgan fingerprint density at radius 1 is 1.03 bits per heavy atom. The molecule has 0 saturated carbocycles. The summed E-state index contributed by atoms with van der Waals surface area (Å²) in [7, 11) is 2.52. The Bertz CT molecular complexity index is 1060. The monoisotopic (exact) mass is 521 g/mol. The van der Waals surface area contributed by atoms with Gasteiger partial charge in [0.1, 0.15) is 12.1 Å². The largest absolute Gasteiger partial charge is 0.467 e. The fourth-order valence-corrected chi connectivity index (χ4v) is 4.70. The molecule has 0 aliphatic heterocycles. The van der Waals surface area contributed by atoms with Crippen LogP contribution in [0.3, 0.4) is 0 Å². The molecule has 2 amide bonds. The minimum Gasteiger partial charge on any atom is -0.467 e. The number of aromatic nitrogens is 1. The van der Waals surface area contributed by atoms with Crippen LogP contribution >= 0.6 is 11.9 Å². The van der Waals surface area contributed by atoms with Crippen molar-refractivity contribution >= 4 is 46.6 Å². The van der Waals surface area contributed by atoms with Crippen molar-refractivity contribution in [2.75, 3.05) is 26.5 Å². The molecule has 2 aromatic rings. The van der Waals surface area contributed by atoms with Gasteiger partial charge in [0.15, 0.2) is 0 Å². The topological polar surface area (TPSA) is 168 Å². The van der Waals surface area contributed by atoms with Crippen LogP contribution in [0.5, 0.6) is 0 Å². The number of hydrogen-bond acceptors (Lipinski definition) is 9. The van der Waals surface area contributed by atoms with E-state index in [2.05, 4.69) is 10.6 Å².